The van der Waals surface area contributed by atoms with Gasteiger partial charge in [0, 0.05) is 30.5 Å². The summed E-state index contributed by atoms with van der Waals surface area (Å²) in [5.74, 6) is 2.01. The molecule has 1 aliphatic rings. The minimum atomic E-state index is 0.131. The van der Waals surface area contributed by atoms with E-state index in [-0.39, 0.29) is 11.8 Å². The van der Waals surface area contributed by atoms with E-state index in [1.807, 2.05) is 24.3 Å². The number of nitrogens with one attached hydrogen (secondary N) is 1. The fourth-order valence-corrected chi connectivity index (χ4v) is 2.42. The van der Waals surface area contributed by atoms with E-state index >= 15 is 0 Å². The van der Waals surface area contributed by atoms with Crippen LogP contribution in [0.25, 0.3) is 0 Å². The van der Waals surface area contributed by atoms with Gasteiger partial charge in [-0.1, -0.05) is 13.8 Å². The Bertz CT molecular complexity index is 696. The van der Waals surface area contributed by atoms with Crippen LogP contribution in [0.3, 0.4) is 0 Å². The lowest BCUT2D eigenvalue weighted by Gasteiger charge is -2.12. The molecule has 1 aromatic heterocycles. The number of carbonyl (C=O) groups excluding carboxylic acids is 1. The first-order valence-electron chi connectivity index (χ1n) is 7.04. The summed E-state index contributed by atoms with van der Waals surface area (Å²) in [7, 11) is 1.81. The molecule has 0 bridgehead atoms. The Morgan fingerprint density at radius 1 is 1.29 bits per heavy atom. The third kappa shape index (κ3) is 2.59. The summed E-state index contributed by atoms with van der Waals surface area (Å²) in [5.41, 5.74) is 2.96. The number of hydrogen-bond acceptors (Lipinski definition) is 4. The van der Waals surface area contributed by atoms with E-state index in [1.165, 1.54) is 0 Å². The zero-order chi connectivity index (χ0) is 15.0. The van der Waals surface area contributed by atoms with E-state index < -0.39 is 0 Å². The molecule has 5 nitrogen and oxygen atoms in total. The average molecular weight is 282 g/mol. The molecule has 0 aliphatic carbocycles. The Morgan fingerprint density at radius 2 is 2.10 bits per heavy atom. The van der Waals surface area contributed by atoms with Gasteiger partial charge in [0.2, 0.25) is 5.91 Å². The van der Waals surface area contributed by atoms with Crippen molar-refractivity contribution in [1.29, 1.82) is 0 Å². The number of benzene rings is 1. The Hall–Kier alpha value is -2.43. The highest BCUT2D eigenvalue weighted by atomic mass is 16.2. The van der Waals surface area contributed by atoms with Crippen molar-refractivity contribution >= 4 is 23.1 Å². The van der Waals surface area contributed by atoms with Gasteiger partial charge in [-0.3, -0.25) is 4.79 Å². The molecule has 1 N–H and O–H groups in total. The molecule has 1 aliphatic heterocycles. The third-order valence-corrected chi connectivity index (χ3v) is 3.62. The molecule has 0 fully saturated rings. The molecule has 3 rings (SSSR count). The number of likely N-dealkylation sites (N-methyl/N-ethyl adjacent to an activating group) is 1. The fourth-order valence-electron chi connectivity index (χ4n) is 2.42. The van der Waals surface area contributed by atoms with Gasteiger partial charge in [0.25, 0.3) is 0 Å². The number of nitrogens with zero attached hydrogens (tertiary/aromatic N) is 3. The topological polar surface area (TPSA) is 58.1 Å². The van der Waals surface area contributed by atoms with Crippen molar-refractivity contribution in [2.24, 2.45) is 0 Å². The molecule has 2 heterocycles. The summed E-state index contributed by atoms with van der Waals surface area (Å²) in [6, 6.07) is 7.78. The van der Waals surface area contributed by atoms with Gasteiger partial charge in [0.05, 0.1) is 6.42 Å². The number of aromatic nitrogens is 2. The maximum absolute atomic E-state index is 11.7. The zero-order valence-electron chi connectivity index (χ0n) is 12.4. The number of amides is 1. The zero-order valence-corrected chi connectivity index (χ0v) is 12.4. The molecule has 0 atom stereocenters. The maximum Gasteiger partial charge on any atom is 0.231 e. The summed E-state index contributed by atoms with van der Waals surface area (Å²) in [6.07, 6.45) is 2.22. The summed E-state index contributed by atoms with van der Waals surface area (Å²) >= 11 is 0. The first-order chi connectivity index (χ1) is 10.0. The van der Waals surface area contributed by atoms with Gasteiger partial charge in [-0.2, -0.15) is 0 Å². The van der Waals surface area contributed by atoms with Crippen LogP contribution in [-0.4, -0.2) is 22.9 Å². The van der Waals surface area contributed by atoms with Crippen LogP contribution in [0.4, 0.5) is 17.2 Å². The first kappa shape index (κ1) is 13.5. The van der Waals surface area contributed by atoms with E-state index in [9.17, 15) is 4.79 Å². The van der Waals surface area contributed by atoms with Crippen LogP contribution in [0.1, 0.15) is 31.2 Å². The number of anilines is 3. The molecule has 0 saturated heterocycles. The monoisotopic (exact) mass is 282 g/mol. The van der Waals surface area contributed by atoms with Gasteiger partial charge in [0.15, 0.2) is 0 Å². The van der Waals surface area contributed by atoms with Crippen LogP contribution in [0.5, 0.6) is 0 Å². The van der Waals surface area contributed by atoms with Crippen LogP contribution in [0.15, 0.2) is 30.5 Å². The van der Waals surface area contributed by atoms with E-state index in [1.54, 1.807) is 18.1 Å². The standard InChI is InChI=1S/C16H18N4O/c1-10(2)16-17-7-6-14(19-16)18-12-4-5-13-11(8-12)9-15(21)20(13)3/h4-8,10H,9H2,1-3H3,(H,17,18,19). The number of hydrogen-bond donors (Lipinski definition) is 1. The normalized spacial score (nSPS) is 13.7. The molecule has 5 heteroatoms. The lowest BCUT2D eigenvalue weighted by atomic mass is 10.1. The van der Waals surface area contributed by atoms with Gasteiger partial charge in [-0.05, 0) is 29.8 Å². The van der Waals surface area contributed by atoms with Gasteiger partial charge in [-0.25, -0.2) is 9.97 Å². The lowest BCUT2D eigenvalue weighted by Crippen LogP contribution is -2.20. The van der Waals surface area contributed by atoms with Crippen LogP contribution < -0.4 is 10.2 Å². The molecule has 0 radical (unpaired) electrons. The van der Waals surface area contributed by atoms with Crippen LogP contribution in [-0.2, 0) is 11.2 Å². The summed E-state index contributed by atoms with van der Waals surface area (Å²) < 4.78 is 0. The van der Waals surface area contributed by atoms with Gasteiger partial charge >= 0.3 is 0 Å². The Balaban J connectivity index is 1.85. The SMILES string of the molecule is CC(C)c1nccc(Nc2ccc3c(c2)CC(=O)N3C)n1. The first-order valence-corrected chi connectivity index (χ1v) is 7.04. The van der Waals surface area contributed by atoms with E-state index in [2.05, 4.69) is 29.1 Å². The second kappa shape index (κ2) is 5.16. The second-order valence-corrected chi connectivity index (χ2v) is 5.55. The highest BCUT2D eigenvalue weighted by Gasteiger charge is 2.23. The Morgan fingerprint density at radius 3 is 2.86 bits per heavy atom. The predicted octanol–water partition coefficient (Wildman–Crippen LogP) is 2.86. The molecule has 108 valence electrons. The van der Waals surface area contributed by atoms with Crippen molar-refractivity contribution in [2.45, 2.75) is 26.2 Å². The molecule has 0 unspecified atom stereocenters. The van der Waals surface area contributed by atoms with Crippen LogP contribution >= 0.6 is 0 Å². The van der Waals surface area contributed by atoms with Crippen molar-refractivity contribution in [1.82, 2.24) is 9.97 Å². The largest absolute Gasteiger partial charge is 0.340 e. The molecule has 1 aromatic carbocycles. The quantitative estimate of drug-likeness (QED) is 0.940. The fraction of sp³-hybridized carbons (Fsp3) is 0.312. The molecular weight excluding hydrogens is 264 g/mol. The molecule has 0 spiro atoms. The minimum absolute atomic E-state index is 0.131. The highest BCUT2D eigenvalue weighted by Crippen LogP contribution is 2.30. The molecule has 2 aromatic rings. The number of fused-ring (bicyclic) bond motifs is 1. The molecule has 0 saturated carbocycles. The highest BCUT2D eigenvalue weighted by molar-refractivity contribution is 6.01. The third-order valence-electron chi connectivity index (χ3n) is 3.62. The summed E-state index contributed by atoms with van der Waals surface area (Å²) in [4.78, 5) is 22.1. The summed E-state index contributed by atoms with van der Waals surface area (Å²) in [5, 5.41) is 3.28. The van der Waals surface area contributed by atoms with E-state index in [4.69, 9.17) is 0 Å². The lowest BCUT2D eigenvalue weighted by molar-refractivity contribution is -0.117. The van der Waals surface area contributed by atoms with Crippen LogP contribution in [0.2, 0.25) is 0 Å². The van der Waals surface area contributed by atoms with Gasteiger partial charge in [0.1, 0.15) is 11.6 Å². The number of carbonyl (C=O) groups is 1. The molecule has 21 heavy (non-hydrogen) atoms. The molecule has 1 amide bonds. The smallest absolute Gasteiger partial charge is 0.231 e. The van der Waals surface area contributed by atoms with Crippen molar-refractivity contribution in [3.8, 4) is 0 Å². The molecular formula is C16H18N4O. The van der Waals surface area contributed by atoms with Crippen molar-refractivity contribution in [3.05, 3.63) is 41.9 Å². The second-order valence-electron chi connectivity index (χ2n) is 5.55. The van der Waals surface area contributed by atoms with Crippen molar-refractivity contribution in [3.63, 3.8) is 0 Å². The summed E-state index contributed by atoms with van der Waals surface area (Å²) in [6.45, 7) is 4.13. The number of rotatable bonds is 3. The maximum atomic E-state index is 11.7. The van der Waals surface area contributed by atoms with Gasteiger partial charge in [-0.15, -0.1) is 0 Å². The van der Waals surface area contributed by atoms with Crippen molar-refractivity contribution < 1.29 is 4.79 Å². The average Bonchev–Trinajstić information content (AvgIpc) is 2.74. The Labute approximate surface area is 124 Å². The minimum Gasteiger partial charge on any atom is -0.340 e. The van der Waals surface area contributed by atoms with E-state index in [0.717, 1.165) is 28.6 Å². The van der Waals surface area contributed by atoms with Crippen LogP contribution in [0, 0.1) is 0 Å². The van der Waals surface area contributed by atoms with E-state index in [0.29, 0.717) is 6.42 Å². The van der Waals surface area contributed by atoms with Gasteiger partial charge < -0.3 is 10.2 Å². The Kier molecular flexibility index (Phi) is 3.33. The van der Waals surface area contributed by atoms with Crippen molar-refractivity contribution in [2.75, 3.05) is 17.3 Å². The predicted molar refractivity (Wildman–Crippen MR) is 83.0 cm³/mol.